The fourth-order valence-electron chi connectivity index (χ4n) is 3.42. The number of allylic oxidation sites excluding steroid dienone is 1. The van der Waals surface area contributed by atoms with Crippen molar-refractivity contribution in [3.63, 3.8) is 0 Å². The van der Waals surface area contributed by atoms with Crippen molar-refractivity contribution in [1.29, 1.82) is 0 Å². The van der Waals surface area contributed by atoms with Gasteiger partial charge in [-0.15, -0.1) is 0 Å². The van der Waals surface area contributed by atoms with Crippen LogP contribution in [0.15, 0.2) is 12.2 Å². The first kappa shape index (κ1) is 13.8. The summed E-state index contributed by atoms with van der Waals surface area (Å²) in [5.74, 6) is 3.10. The van der Waals surface area contributed by atoms with Gasteiger partial charge in [0.2, 0.25) is 0 Å². The second kappa shape index (κ2) is 7.14. The smallest absolute Gasteiger partial charge is 0.0323 e. The molecule has 16 heavy (non-hydrogen) atoms. The van der Waals surface area contributed by atoms with E-state index in [4.69, 9.17) is 0 Å². The van der Waals surface area contributed by atoms with Gasteiger partial charge in [0.25, 0.3) is 0 Å². The zero-order valence-electron chi connectivity index (χ0n) is 11.6. The highest BCUT2D eigenvalue weighted by Crippen LogP contribution is 2.44. The molecule has 3 atom stereocenters. The number of hydrogen-bond acceptors (Lipinski definition) is 0. The van der Waals surface area contributed by atoms with E-state index in [1.807, 2.05) is 0 Å². The highest BCUT2D eigenvalue weighted by atomic mass is 14.4. The average molecular weight is 222 g/mol. The minimum atomic E-state index is 1.00. The van der Waals surface area contributed by atoms with Crippen LogP contribution in [0.25, 0.3) is 0 Å². The van der Waals surface area contributed by atoms with Gasteiger partial charge in [0, 0.05) is 0 Å². The Morgan fingerprint density at radius 3 is 2.50 bits per heavy atom. The van der Waals surface area contributed by atoms with Gasteiger partial charge in [-0.3, -0.25) is 0 Å². The van der Waals surface area contributed by atoms with E-state index in [1.165, 1.54) is 56.9 Å². The summed E-state index contributed by atoms with van der Waals surface area (Å²) >= 11 is 0. The molecule has 0 aromatic heterocycles. The van der Waals surface area contributed by atoms with Crippen molar-refractivity contribution in [3.8, 4) is 0 Å². The Labute approximate surface area is 103 Å². The van der Waals surface area contributed by atoms with E-state index in [9.17, 15) is 0 Å². The minimum Gasteiger partial charge on any atom is -0.0999 e. The van der Waals surface area contributed by atoms with Gasteiger partial charge >= 0.3 is 0 Å². The van der Waals surface area contributed by atoms with Crippen molar-refractivity contribution in [2.75, 3.05) is 0 Å². The Morgan fingerprint density at radius 1 is 1.19 bits per heavy atom. The number of rotatable bonds is 8. The van der Waals surface area contributed by atoms with Gasteiger partial charge in [-0.05, 0) is 43.4 Å². The fraction of sp³-hybridized carbons (Fsp3) is 0.875. The molecule has 3 unspecified atom stereocenters. The Kier molecular flexibility index (Phi) is 6.16. The molecule has 0 radical (unpaired) electrons. The Morgan fingerprint density at radius 2 is 1.94 bits per heavy atom. The lowest BCUT2D eigenvalue weighted by Crippen LogP contribution is -2.34. The van der Waals surface area contributed by atoms with Crippen LogP contribution in [-0.2, 0) is 0 Å². The molecule has 0 spiro atoms. The molecule has 0 aliphatic heterocycles. The lowest BCUT2D eigenvalue weighted by atomic mass is 9.63. The summed E-state index contributed by atoms with van der Waals surface area (Å²) in [6.45, 7) is 11.2. The van der Waals surface area contributed by atoms with Crippen molar-refractivity contribution in [1.82, 2.24) is 0 Å². The summed E-state index contributed by atoms with van der Waals surface area (Å²) in [5, 5.41) is 0. The maximum Gasteiger partial charge on any atom is -0.0323 e. The molecule has 0 bridgehead atoms. The van der Waals surface area contributed by atoms with E-state index < -0.39 is 0 Å². The molecule has 94 valence electrons. The third kappa shape index (κ3) is 3.96. The van der Waals surface area contributed by atoms with Crippen molar-refractivity contribution in [2.24, 2.45) is 17.8 Å². The predicted octanol–water partition coefficient (Wildman–Crippen LogP) is 5.59. The fourth-order valence-corrected chi connectivity index (χ4v) is 3.42. The first-order valence-corrected chi connectivity index (χ1v) is 7.35. The highest BCUT2D eigenvalue weighted by Gasteiger charge is 2.35. The molecule has 1 saturated carbocycles. The lowest BCUT2D eigenvalue weighted by Gasteiger charge is -2.43. The van der Waals surface area contributed by atoms with E-state index in [0.29, 0.717) is 0 Å². The van der Waals surface area contributed by atoms with Crippen LogP contribution >= 0.6 is 0 Å². The number of unbranched alkanes of at least 4 members (excludes halogenated alkanes) is 1. The molecule has 1 aliphatic carbocycles. The van der Waals surface area contributed by atoms with Crippen LogP contribution in [0.2, 0.25) is 0 Å². The molecule has 0 aromatic rings. The molecule has 1 rings (SSSR count). The van der Waals surface area contributed by atoms with Crippen LogP contribution in [0.4, 0.5) is 0 Å². The summed E-state index contributed by atoms with van der Waals surface area (Å²) in [6, 6.07) is 0. The second-order valence-corrected chi connectivity index (χ2v) is 5.79. The van der Waals surface area contributed by atoms with Crippen molar-refractivity contribution >= 4 is 0 Å². The zero-order valence-corrected chi connectivity index (χ0v) is 11.6. The first-order valence-electron chi connectivity index (χ1n) is 7.35. The van der Waals surface area contributed by atoms with Gasteiger partial charge < -0.3 is 0 Å². The topological polar surface area (TPSA) is 0 Å². The van der Waals surface area contributed by atoms with E-state index in [1.54, 1.807) is 0 Å². The largest absolute Gasteiger partial charge is 0.0999 e. The van der Waals surface area contributed by atoms with E-state index in [2.05, 4.69) is 27.4 Å². The Balaban J connectivity index is 2.01. The molecular weight excluding hydrogens is 192 g/mol. The van der Waals surface area contributed by atoms with Gasteiger partial charge in [-0.1, -0.05) is 58.6 Å². The van der Waals surface area contributed by atoms with Crippen LogP contribution in [0.5, 0.6) is 0 Å². The van der Waals surface area contributed by atoms with Crippen LogP contribution in [-0.4, -0.2) is 0 Å². The lowest BCUT2D eigenvalue weighted by molar-refractivity contribution is 0.0722. The quantitative estimate of drug-likeness (QED) is 0.371. The molecule has 0 heterocycles. The summed E-state index contributed by atoms with van der Waals surface area (Å²) < 4.78 is 0. The molecule has 1 aliphatic rings. The standard InChI is InChI=1S/C16H30/c1-5-9-13(3)10-7-8-11-15-12-14(4)16(15)6-2/h14-16H,3,5-12H2,1-2,4H3. The summed E-state index contributed by atoms with van der Waals surface area (Å²) in [5.41, 5.74) is 1.47. The maximum absolute atomic E-state index is 4.14. The SMILES string of the molecule is C=C(CCC)CCCCC1CC(C)C1CC. The molecule has 0 nitrogen and oxygen atoms in total. The maximum atomic E-state index is 4.14. The van der Waals surface area contributed by atoms with Gasteiger partial charge in [-0.25, -0.2) is 0 Å². The molecule has 1 fully saturated rings. The summed E-state index contributed by atoms with van der Waals surface area (Å²) in [7, 11) is 0. The summed E-state index contributed by atoms with van der Waals surface area (Å²) in [6.07, 6.45) is 10.9. The van der Waals surface area contributed by atoms with E-state index >= 15 is 0 Å². The molecular formula is C16H30. The van der Waals surface area contributed by atoms with Crippen LogP contribution in [0.3, 0.4) is 0 Å². The molecule has 0 aromatic carbocycles. The summed E-state index contributed by atoms with van der Waals surface area (Å²) in [4.78, 5) is 0. The zero-order chi connectivity index (χ0) is 12.0. The number of hydrogen-bond donors (Lipinski definition) is 0. The monoisotopic (exact) mass is 222 g/mol. The highest BCUT2D eigenvalue weighted by molar-refractivity contribution is 4.93. The Hall–Kier alpha value is -0.260. The van der Waals surface area contributed by atoms with E-state index in [-0.39, 0.29) is 0 Å². The minimum absolute atomic E-state index is 1.00. The van der Waals surface area contributed by atoms with Gasteiger partial charge in [0.1, 0.15) is 0 Å². The normalized spacial score (nSPS) is 28.8. The van der Waals surface area contributed by atoms with Crippen molar-refractivity contribution < 1.29 is 0 Å². The van der Waals surface area contributed by atoms with Crippen LogP contribution < -0.4 is 0 Å². The Bertz CT molecular complexity index is 204. The second-order valence-electron chi connectivity index (χ2n) is 5.79. The first-order chi connectivity index (χ1) is 7.69. The van der Waals surface area contributed by atoms with Gasteiger partial charge in [0.05, 0.1) is 0 Å². The van der Waals surface area contributed by atoms with Crippen LogP contribution in [0, 0.1) is 17.8 Å². The third-order valence-electron chi connectivity index (χ3n) is 4.44. The third-order valence-corrected chi connectivity index (χ3v) is 4.44. The van der Waals surface area contributed by atoms with E-state index in [0.717, 1.165) is 17.8 Å². The predicted molar refractivity (Wildman–Crippen MR) is 73.6 cm³/mol. The van der Waals surface area contributed by atoms with Gasteiger partial charge in [0.15, 0.2) is 0 Å². The molecule has 0 amide bonds. The van der Waals surface area contributed by atoms with Gasteiger partial charge in [-0.2, -0.15) is 0 Å². The molecule has 0 heteroatoms. The van der Waals surface area contributed by atoms with Crippen LogP contribution in [0.1, 0.15) is 72.1 Å². The van der Waals surface area contributed by atoms with Crippen molar-refractivity contribution in [3.05, 3.63) is 12.2 Å². The molecule has 0 N–H and O–H groups in total. The molecule has 0 saturated heterocycles. The van der Waals surface area contributed by atoms with Crippen molar-refractivity contribution in [2.45, 2.75) is 72.1 Å². The average Bonchev–Trinajstić information content (AvgIpc) is 2.23.